The molecule has 1 saturated carbocycles. The van der Waals surface area contributed by atoms with E-state index in [1.807, 2.05) is 6.92 Å². The van der Waals surface area contributed by atoms with Crippen LogP contribution in [-0.2, 0) is 5.41 Å². The number of nitrogens with two attached hydrogens (primary N) is 1. The molecule has 0 radical (unpaired) electrons. The molecule has 0 spiro atoms. The van der Waals surface area contributed by atoms with Gasteiger partial charge in [0.05, 0.1) is 6.61 Å². The summed E-state index contributed by atoms with van der Waals surface area (Å²) in [6.07, 6.45) is 0.591. The van der Waals surface area contributed by atoms with Gasteiger partial charge in [-0.15, -0.1) is 0 Å². The third-order valence-electron chi connectivity index (χ3n) is 3.98. The average Bonchev–Trinajstić information content (AvgIpc) is 2.90. The molecule has 88 valence electrons. The summed E-state index contributed by atoms with van der Waals surface area (Å²) in [7, 11) is 0. The summed E-state index contributed by atoms with van der Waals surface area (Å²) in [6, 6.07) is 4.13. The summed E-state index contributed by atoms with van der Waals surface area (Å²) in [6.45, 7) is 1.99. The highest BCUT2D eigenvalue weighted by Crippen LogP contribution is 2.64. The van der Waals surface area contributed by atoms with E-state index >= 15 is 0 Å². The van der Waals surface area contributed by atoms with Gasteiger partial charge in [0.15, 0.2) is 11.6 Å². The Morgan fingerprint density at radius 2 is 2.12 bits per heavy atom. The summed E-state index contributed by atoms with van der Waals surface area (Å²) >= 11 is 0. The summed E-state index contributed by atoms with van der Waals surface area (Å²) < 4.78 is 26.8. The van der Waals surface area contributed by atoms with Gasteiger partial charge in [0.1, 0.15) is 0 Å². The number of benzene rings is 1. The van der Waals surface area contributed by atoms with Gasteiger partial charge in [-0.1, -0.05) is 19.1 Å². The minimum Gasteiger partial charge on any atom is -0.396 e. The molecule has 0 saturated heterocycles. The molecule has 1 aromatic rings. The molecular formula is C12H15F2NO. The summed E-state index contributed by atoms with van der Waals surface area (Å²) in [5.41, 5.74) is 4.86. The molecule has 0 bridgehead atoms. The Hall–Kier alpha value is -1.00. The monoisotopic (exact) mass is 227 g/mol. The first-order valence-electron chi connectivity index (χ1n) is 5.26. The minimum absolute atomic E-state index is 0.101. The Bertz CT molecular complexity index is 417. The lowest BCUT2D eigenvalue weighted by molar-refractivity contribution is 0.197. The van der Waals surface area contributed by atoms with Gasteiger partial charge in [-0.25, -0.2) is 8.78 Å². The lowest BCUT2D eigenvalue weighted by Gasteiger charge is -2.20. The molecule has 0 aliphatic heterocycles. The molecule has 2 rings (SSSR count). The van der Waals surface area contributed by atoms with E-state index in [-0.39, 0.29) is 13.2 Å². The van der Waals surface area contributed by atoms with Crippen LogP contribution in [0.2, 0.25) is 0 Å². The number of halogens is 2. The number of hydrogen-bond donors (Lipinski definition) is 2. The molecule has 2 atom stereocenters. The van der Waals surface area contributed by atoms with Gasteiger partial charge in [0, 0.05) is 17.4 Å². The smallest absolute Gasteiger partial charge is 0.162 e. The second kappa shape index (κ2) is 3.50. The molecule has 1 fully saturated rings. The molecule has 16 heavy (non-hydrogen) atoms. The fourth-order valence-electron chi connectivity index (χ4n) is 2.54. The van der Waals surface area contributed by atoms with Crippen LogP contribution in [0.25, 0.3) is 0 Å². The van der Waals surface area contributed by atoms with Crippen LogP contribution in [0.15, 0.2) is 18.2 Å². The Labute approximate surface area is 93.1 Å². The first-order chi connectivity index (χ1) is 7.50. The SMILES string of the molecule is CC1(c2cccc(F)c2F)CC1(CN)CO. The number of hydrogen-bond acceptors (Lipinski definition) is 2. The molecule has 0 amide bonds. The molecule has 1 aliphatic rings. The first-order valence-corrected chi connectivity index (χ1v) is 5.26. The minimum atomic E-state index is -0.852. The van der Waals surface area contributed by atoms with Crippen LogP contribution in [0.3, 0.4) is 0 Å². The fraction of sp³-hybridized carbons (Fsp3) is 0.500. The lowest BCUT2D eigenvalue weighted by Crippen LogP contribution is -2.28. The third-order valence-corrected chi connectivity index (χ3v) is 3.98. The van der Waals surface area contributed by atoms with Crippen LogP contribution in [-0.4, -0.2) is 18.3 Å². The predicted octanol–water partition coefficient (Wildman–Crippen LogP) is 1.56. The van der Waals surface area contributed by atoms with Crippen molar-refractivity contribution in [2.45, 2.75) is 18.8 Å². The Balaban J connectivity index is 2.44. The van der Waals surface area contributed by atoms with Crippen molar-refractivity contribution in [3.63, 3.8) is 0 Å². The van der Waals surface area contributed by atoms with Gasteiger partial charge in [-0.2, -0.15) is 0 Å². The van der Waals surface area contributed by atoms with E-state index in [0.29, 0.717) is 12.0 Å². The molecule has 1 aliphatic carbocycles. The predicted molar refractivity (Wildman–Crippen MR) is 56.9 cm³/mol. The van der Waals surface area contributed by atoms with Gasteiger partial charge < -0.3 is 10.8 Å². The van der Waals surface area contributed by atoms with Crippen molar-refractivity contribution in [3.8, 4) is 0 Å². The second-order valence-electron chi connectivity index (χ2n) is 4.75. The van der Waals surface area contributed by atoms with Crippen LogP contribution in [0, 0.1) is 17.0 Å². The zero-order valence-corrected chi connectivity index (χ0v) is 9.13. The third kappa shape index (κ3) is 1.30. The van der Waals surface area contributed by atoms with E-state index in [1.165, 1.54) is 6.07 Å². The van der Waals surface area contributed by atoms with E-state index in [9.17, 15) is 13.9 Å². The van der Waals surface area contributed by atoms with Crippen LogP contribution in [0.1, 0.15) is 18.9 Å². The Morgan fingerprint density at radius 3 is 2.62 bits per heavy atom. The maximum absolute atomic E-state index is 13.7. The quantitative estimate of drug-likeness (QED) is 0.823. The van der Waals surface area contributed by atoms with Gasteiger partial charge in [-0.3, -0.25) is 0 Å². The van der Waals surface area contributed by atoms with Crippen LogP contribution in [0.4, 0.5) is 8.78 Å². The maximum Gasteiger partial charge on any atom is 0.162 e. The van der Waals surface area contributed by atoms with E-state index in [1.54, 1.807) is 6.07 Å². The highest BCUT2D eigenvalue weighted by Gasteiger charge is 2.64. The number of rotatable bonds is 3. The molecule has 2 nitrogen and oxygen atoms in total. The van der Waals surface area contributed by atoms with Crippen LogP contribution < -0.4 is 5.73 Å². The van der Waals surface area contributed by atoms with Gasteiger partial charge >= 0.3 is 0 Å². The van der Waals surface area contributed by atoms with E-state index in [4.69, 9.17) is 5.73 Å². The van der Waals surface area contributed by atoms with Crippen LogP contribution >= 0.6 is 0 Å². The van der Waals surface area contributed by atoms with Gasteiger partial charge in [0.25, 0.3) is 0 Å². The molecular weight excluding hydrogens is 212 g/mol. The molecule has 0 aromatic heterocycles. The van der Waals surface area contributed by atoms with E-state index in [2.05, 4.69) is 0 Å². The lowest BCUT2D eigenvalue weighted by atomic mass is 9.87. The highest BCUT2D eigenvalue weighted by molar-refractivity contribution is 5.38. The van der Waals surface area contributed by atoms with E-state index in [0.717, 1.165) is 6.07 Å². The zero-order chi connectivity index (χ0) is 12.0. The summed E-state index contributed by atoms with van der Waals surface area (Å²) in [5, 5.41) is 9.32. The summed E-state index contributed by atoms with van der Waals surface area (Å²) in [4.78, 5) is 0. The number of aliphatic hydroxyl groups is 1. The second-order valence-corrected chi connectivity index (χ2v) is 4.75. The normalized spacial score (nSPS) is 32.8. The topological polar surface area (TPSA) is 46.2 Å². The Kier molecular flexibility index (Phi) is 2.51. The van der Waals surface area contributed by atoms with Crippen molar-refractivity contribution in [2.24, 2.45) is 11.1 Å². The molecule has 4 heteroatoms. The fourth-order valence-corrected chi connectivity index (χ4v) is 2.54. The largest absolute Gasteiger partial charge is 0.396 e. The van der Waals surface area contributed by atoms with Crippen molar-refractivity contribution >= 4 is 0 Å². The first kappa shape index (κ1) is 11.5. The van der Waals surface area contributed by atoms with Crippen molar-refractivity contribution in [2.75, 3.05) is 13.2 Å². The molecule has 1 aromatic carbocycles. The van der Waals surface area contributed by atoms with Crippen molar-refractivity contribution in [1.29, 1.82) is 0 Å². The van der Waals surface area contributed by atoms with Crippen molar-refractivity contribution < 1.29 is 13.9 Å². The zero-order valence-electron chi connectivity index (χ0n) is 9.13. The summed E-state index contributed by atoms with van der Waals surface area (Å²) in [5.74, 6) is -1.68. The molecule has 0 heterocycles. The van der Waals surface area contributed by atoms with Gasteiger partial charge in [-0.05, 0) is 18.1 Å². The maximum atomic E-state index is 13.7. The molecule has 3 N–H and O–H groups in total. The Morgan fingerprint density at radius 1 is 1.44 bits per heavy atom. The van der Waals surface area contributed by atoms with Crippen LogP contribution in [0.5, 0.6) is 0 Å². The van der Waals surface area contributed by atoms with Gasteiger partial charge in [0.2, 0.25) is 0 Å². The standard InChI is InChI=1S/C12H15F2NO/c1-11(5-12(11,6-15)7-16)8-3-2-4-9(13)10(8)14/h2-4,16H,5-7,15H2,1H3. The van der Waals surface area contributed by atoms with E-state index < -0.39 is 22.5 Å². The highest BCUT2D eigenvalue weighted by atomic mass is 19.2. The average molecular weight is 227 g/mol. The van der Waals surface area contributed by atoms with Crippen molar-refractivity contribution in [1.82, 2.24) is 0 Å². The van der Waals surface area contributed by atoms with Crippen molar-refractivity contribution in [3.05, 3.63) is 35.4 Å². The number of aliphatic hydroxyl groups excluding tert-OH is 1. The molecule has 2 unspecified atom stereocenters.